The van der Waals surface area contributed by atoms with E-state index < -0.39 is 0 Å². The Kier molecular flexibility index (Phi) is 2.23. The smallest absolute Gasteiger partial charge is 0.203 e. The molecule has 2 aromatic rings. The van der Waals surface area contributed by atoms with Gasteiger partial charge in [0.2, 0.25) is 5.89 Å². The first-order chi connectivity index (χ1) is 7.03. The number of hydrogen-bond acceptors (Lipinski definition) is 4. The number of nitrogens with zero attached hydrogens (tertiary/aromatic N) is 2. The maximum Gasteiger partial charge on any atom is 0.203 e. The van der Waals surface area contributed by atoms with Gasteiger partial charge in [-0.25, -0.2) is 4.98 Å². The van der Waals surface area contributed by atoms with Crippen LogP contribution in [0.2, 0.25) is 0 Å². The monoisotopic (exact) mass is 205 g/mol. The van der Waals surface area contributed by atoms with Gasteiger partial charge in [-0.05, 0) is 32.9 Å². The van der Waals surface area contributed by atoms with E-state index in [0.29, 0.717) is 18.1 Å². The third-order valence-electron chi connectivity index (χ3n) is 2.48. The van der Waals surface area contributed by atoms with Crippen LogP contribution >= 0.6 is 0 Å². The van der Waals surface area contributed by atoms with E-state index in [2.05, 4.69) is 9.97 Å². The predicted molar refractivity (Wildman–Crippen MR) is 58.6 cm³/mol. The Bertz CT molecular complexity index is 488. The van der Waals surface area contributed by atoms with Crippen molar-refractivity contribution in [3.63, 3.8) is 0 Å². The first-order valence-corrected chi connectivity index (χ1v) is 4.98. The SMILES string of the molecule is Cc1ccc2oc(C(C)(C)CN)nc2n1. The summed E-state index contributed by atoms with van der Waals surface area (Å²) in [5.41, 5.74) is 7.74. The average molecular weight is 205 g/mol. The van der Waals surface area contributed by atoms with Crippen molar-refractivity contribution in [1.82, 2.24) is 9.97 Å². The molecule has 0 unspecified atom stereocenters. The van der Waals surface area contributed by atoms with Gasteiger partial charge in [0.25, 0.3) is 0 Å². The molecule has 2 aromatic heterocycles. The van der Waals surface area contributed by atoms with Gasteiger partial charge < -0.3 is 10.2 Å². The van der Waals surface area contributed by atoms with Crippen LogP contribution in [0.5, 0.6) is 0 Å². The standard InChI is InChI=1S/C11H15N3O/c1-7-4-5-8-9(13-7)14-10(15-8)11(2,3)6-12/h4-5H,6,12H2,1-3H3. The fourth-order valence-corrected chi connectivity index (χ4v) is 1.29. The molecule has 4 nitrogen and oxygen atoms in total. The molecule has 4 heteroatoms. The first kappa shape index (κ1) is 10.1. The molecule has 0 fully saturated rings. The summed E-state index contributed by atoms with van der Waals surface area (Å²) in [4.78, 5) is 8.66. The van der Waals surface area contributed by atoms with Crippen molar-refractivity contribution in [3.8, 4) is 0 Å². The van der Waals surface area contributed by atoms with Gasteiger partial charge in [0, 0.05) is 12.2 Å². The summed E-state index contributed by atoms with van der Waals surface area (Å²) in [5.74, 6) is 0.651. The third-order valence-corrected chi connectivity index (χ3v) is 2.48. The molecule has 2 heterocycles. The van der Waals surface area contributed by atoms with Crippen molar-refractivity contribution in [1.29, 1.82) is 0 Å². The maximum absolute atomic E-state index is 5.67. The second-order valence-electron chi connectivity index (χ2n) is 4.38. The third kappa shape index (κ3) is 1.72. The zero-order valence-corrected chi connectivity index (χ0v) is 9.24. The van der Waals surface area contributed by atoms with Crippen molar-refractivity contribution in [2.24, 2.45) is 5.73 Å². The molecular formula is C11H15N3O. The van der Waals surface area contributed by atoms with Crippen molar-refractivity contribution >= 4 is 11.2 Å². The van der Waals surface area contributed by atoms with Crippen LogP contribution in [0.3, 0.4) is 0 Å². The van der Waals surface area contributed by atoms with E-state index >= 15 is 0 Å². The highest BCUT2D eigenvalue weighted by Crippen LogP contribution is 2.24. The lowest BCUT2D eigenvalue weighted by molar-refractivity contribution is 0.391. The van der Waals surface area contributed by atoms with Crippen molar-refractivity contribution in [3.05, 3.63) is 23.7 Å². The minimum atomic E-state index is -0.241. The molecule has 0 saturated heterocycles. The number of aryl methyl sites for hydroxylation is 1. The van der Waals surface area contributed by atoms with Crippen molar-refractivity contribution in [2.45, 2.75) is 26.2 Å². The molecule has 0 aromatic carbocycles. The lowest BCUT2D eigenvalue weighted by atomic mass is 9.94. The number of fused-ring (bicyclic) bond motifs is 1. The summed E-state index contributed by atoms with van der Waals surface area (Å²) in [7, 11) is 0. The highest BCUT2D eigenvalue weighted by molar-refractivity contribution is 5.67. The number of pyridine rings is 1. The number of rotatable bonds is 2. The van der Waals surface area contributed by atoms with E-state index in [4.69, 9.17) is 10.2 Å². The lowest BCUT2D eigenvalue weighted by Crippen LogP contribution is -2.28. The highest BCUT2D eigenvalue weighted by Gasteiger charge is 2.25. The molecule has 0 aliphatic rings. The molecule has 0 saturated carbocycles. The zero-order valence-electron chi connectivity index (χ0n) is 9.24. The number of hydrogen-bond donors (Lipinski definition) is 1. The Labute approximate surface area is 88.5 Å². The molecule has 0 aliphatic carbocycles. The van der Waals surface area contributed by atoms with Gasteiger partial charge in [-0.3, -0.25) is 0 Å². The quantitative estimate of drug-likeness (QED) is 0.811. The molecule has 0 atom stereocenters. The van der Waals surface area contributed by atoms with Crippen LogP contribution in [0.15, 0.2) is 16.5 Å². The molecule has 0 radical (unpaired) electrons. The van der Waals surface area contributed by atoms with Crippen molar-refractivity contribution in [2.75, 3.05) is 6.54 Å². The summed E-state index contributed by atoms with van der Waals surface area (Å²) >= 11 is 0. The number of aromatic nitrogens is 2. The van der Waals surface area contributed by atoms with Gasteiger partial charge in [-0.15, -0.1) is 0 Å². The van der Waals surface area contributed by atoms with Crippen LogP contribution in [-0.2, 0) is 5.41 Å². The fraction of sp³-hybridized carbons (Fsp3) is 0.455. The molecule has 0 bridgehead atoms. The van der Waals surface area contributed by atoms with Gasteiger partial charge in [0.05, 0.1) is 5.41 Å². The van der Waals surface area contributed by atoms with Crippen LogP contribution in [0, 0.1) is 6.92 Å². The first-order valence-electron chi connectivity index (χ1n) is 4.98. The number of nitrogens with two attached hydrogens (primary N) is 1. The molecule has 15 heavy (non-hydrogen) atoms. The van der Waals surface area contributed by atoms with Gasteiger partial charge >= 0.3 is 0 Å². The molecule has 2 N–H and O–H groups in total. The molecular weight excluding hydrogens is 190 g/mol. The predicted octanol–water partition coefficient (Wildman–Crippen LogP) is 1.77. The zero-order chi connectivity index (χ0) is 11.1. The maximum atomic E-state index is 5.67. The summed E-state index contributed by atoms with van der Waals surface area (Å²) in [6.45, 7) is 6.44. The van der Waals surface area contributed by atoms with Gasteiger partial charge in [-0.2, -0.15) is 4.98 Å². The van der Waals surface area contributed by atoms with Crippen LogP contribution < -0.4 is 5.73 Å². The fourth-order valence-electron chi connectivity index (χ4n) is 1.29. The summed E-state index contributed by atoms with van der Waals surface area (Å²) < 4.78 is 5.63. The Morgan fingerprint density at radius 2 is 2.07 bits per heavy atom. The number of oxazole rings is 1. The Hall–Kier alpha value is -1.42. The lowest BCUT2D eigenvalue weighted by Gasteiger charge is -2.16. The molecule has 0 aliphatic heterocycles. The Morgan fingerprint density at radius 1 is 1.33 bits per heavy atom. The van der Waals surface area contributed by atoms with E-state index in [1.165, 1.54) is 0 Å². The second kappa shape index (κ2) is 3.31. The minimum Gasteiger partial charge on any atom is -0.438 e. The normalized spacial score (nSPS) is 12.3. The molecule has 80 valence electrons. The van der Waals surface area contributed by atoms with E-state index in [1.807, 2.05) is 32.9 Å². The molecule has 0 spiro atoms. The topological polar surface area (TPSA) is 64.9 Å². The summed E-state index contributed by atoms with van der Waals surface area (Å²) in [5, 5.41) is 0. The van der Waals surface area contributed by atoms with Crippen LogP contribution in [-0.4, -0.2) is 16.5 Å². The van der Waals surface area contributed by atoms with E-state index in [0.717, 1.165) is 11.3 Å². The largest absolute Gasteiger partial charge is 0.438 e. The van der Waals surface area contributed by atoms with E-state index in [1.54, 1.807) is 0 Å². The second-order valence-corrected chi connectivity index (χ2v) is 4.38. The van der Waals surface area contributed by atoms with E-state index in [-0.39, 0.29) is 5.41 Å². The summed E-state index contributed by atoms with van der Waals surface area (Å²) in [6.07, 6.45) is 0. The van der Waals surface area contributed by atoms with E-state index in [9.17, 15) is 0 Å². The van der Waals surface area contributed by atoms with Crippen LogP contribution in [0.25, 0.3) is 11.2 Å². The van der Waals surface area contributed by atoms with Crippen molar-refractivity contribution < 1.29 is 4.42 Å². The van der Waals surface area contributed by atoms with Crippen LogP contribution in [0.1, 0.15) is 25.4 Å². The van der Waals surface area contributed by atoms with Crippen LogP contribution in [0.4, 0.5) is 0 Å². The highest BCUT2D eigenvalue weighted by atomic mass is 16.3. The molecule has 0 amide bonds. The summed E-state index contributed by atoms with van der Waals surface area (Å²) in [6, 6.07) is 3.80. The van der Waals surface area contributed by atoms with Gasteiger partial charge in [-0.1, -0.05) is 0 Å². The average Bonchev–Trinajstić information content (AvgIpc) is 2.61. The van der Waals surface area contributed by atoms with Gasteiger partial charge in [0.15, 0.2) is 11.2 Å². The Balaban J connectivity index is 2.56. The van der Waals surface area contributed by atoms with Gasteiger partial charge in [0.1, 0.15) is 0 Å². The Morgan fingerprint density at radius 3 is 2.73 bits per heavy atom. The minimum absolute atomic E-state index is 0.241. The molecule has 2 rings (SSSR count).